The number of nitrogens with one attached hydrogen (secondary N) is 1. The zero-order valence-corrected chi connectivity index (χ0v) is 16.4. The van der Waals surface area contributed by atoms with Crippen LogP contribution in [0, 0.1) is 0 Å². The minimum atomic E-state index is -2.94. The molecule has 0 radical (unpaired) electrons. The molecule has 8 nitrogen and oxygen atoms in total. The molecule has 3 unspecified atom stereocenters. The van der Waals surface area contributed by atoms with Crippen LogP contribution < -0.4 is 4.90 Å². The van der Waals surface area contributed by atoms with Gasteiger partial charge in [-0.2, -0.15) is 0 Å². The average molecular weight is 412 g/mol. The molecule has 2 aromatic heterocycles. The molecule has 0 aliphatic rings. The lowest BCUT2D eigenvalue weighted by Crippen LogP contribution is -2.38. The molecule has 0 spiro atoms. The van der Waals surface area contributed by atoms with E-state index in [1.54, 1.807) is 0 Å². The molecule has 1 amide bonds. The third kappa shape index (κ3) is 3.59. The molecule has 3 atom stereocenters. The number of carbonyl (C=O) groups excluding carboxylic acids is 1. The number of aliphatic hydroxyl groups excluding tert-OH is 1. The number of pyridine rings is 1. The van der Waals surface area contributed by atoms with Gasteiger partial charge in [0, 0.05) is 20.9 Å². The summed E-state index contributed by atoms with van der Waals surface area (Å²) in [5, 5.41) is 11.6. The van der Waals surface area contributed by atoms with Crippen molar-refractivity contribution in [3.63, 3.8) is 0 Å². The van der Waals surface area contributed by atoms with E-state index < -0.39 is 20.5 Å². The van der Waals surface area contributed by atoms with E-state index in [4.69, 9.17) is 14.4 Å². The van der Waals surface area contributed by atoms with Gasteiger partial charge < -0.3 is 15.0 Å². The van der Waals surface area contributed by atoms with Crippen LogP contribution in [0.2, 0.25) is 0 Å². The summed E-state index contributed by atoms with van der Waals surface area (Å²) in [6.07, 6.45) is -1.48. The highest BCUT2D eigenvalue weighted by molar-refractivity contribution is 7.32. The van der Waals surface area contributed by atoms with Crippen LogP contribution in [0.5, 0.6) is 0 Å². The molecule has 0 saturated carbocycles. The van der Waals surface area contributed by atoms with E-state index in [1.165, 1.54) is 11.8 Å². The number of amides is 1. The van der Waals surface area contributed by atoms with Crippen LogP contribution in [0.25, 0.3) is 32.8 Å². The van der Waals surface area contributed by atoms with E-state index in [0.29, 0.717) is 28.6 Å². The number of H-pyrrole nitrogens is 1. The smallest absolute Gasteiger partial charge is 0.390 e. The highest BCUT2D eigenvalue weighted by atomic mass is 31.1. The molecule has 9 heteroatoms. The van der Waals surface area contributed by atoms with Crippen LogP contribution >= 0.6 is 8.25 Å². The molecule has 29 heavy (non-hydrogen) atoms. The molecule has 0 bridgehead atoms. The minimum Gasteiger partial charge on any atom is -0.390 e. The summed E-state index contributed by atoms with van der Waals surface area (Å²) < 4.78 is 16.1. The maximum absolute atomic E-state index is 12.1. The third-order valence-electron chi connectivity index (χ3n) is 4.86. The lowest BCUT2D eigenvalue weighted by atomic mass is 10.1. The fourth-order valence-corrected chi connectivity index (χ4v) is 3.98. The molecule has 148 valence electrons. The Hall–Kier alpha value is -2.90. The second-order valence-corrected chi connectivity index (χ2v) is 7.44. The molecular weight excluding hydrogens is 393 g/mol. The van der Waals surface area contributed by atoms with Crippen molar-refractivity contribution in [2.45, 2.75) is 19.1 Å². The Balaban J connectivity index is 1.95. The van der Waals surface area contributed by atoms with Crippen LogP contribution in [0.15, 0.2) is 48.5 Å². The Labute approximate surface area is 166 Å². The Morgan fingerprint density at radius 1 is 1.21 bits per heavy atom. The van der Waals surface area contributed by atoms with Gasteiger partial charge >= 0.3 is 8.25 Å². The van der Waals surface area contributed by atoms with Gasteiger partial charge in [-0.25, -0.2) is 4.98 Å². The number of rotatable bonds is 7. The summed E-state index contributed by atoms with van der Waals surface area (Å²) in [5.41, 5.74) is 3.52. The fraction of sp³-hybridized carbons (Fsp3) is 0.200. The van der Waals surface area contributed by atoms with Crippen molar-refractivity contribution in [1.82, 2.24) is 9.97 Å². The van der Waals surface area contributed by atoms with Crippen LogP contribution in [0.1, 0.15) is 6.92 Å². The SMILES string of the molecule is CC(O)C(CN(C=O)c1c2ccccc2nc2c1[nH]c1ccccc12)O[P+](=O)O. The number of carbonyl (C=O) groups is 1. The Morgan fingerprint density at radius 2 is 1.90 bits per heavy atom. The first-order valence-electron chi connectivity index (χ1n) is 9.01. The van der Waals surface area contributed by atoms with E-state index in [0.717, 1.165) is 16.3 Å². The number of aliphatic hydroxyl groups is 1. The molecule has 0 fully saturated rings. The monoisotopic (exact) mass is 412 g/mol. The average Bonchev–Trinajstić information content (AvgIpc) is 3.07. The summed E-state index contributed by atoms with van der Waals surface area (Å²) in [6, 6.07) is 15.1. The van der Waals surface area contributed by atoms with E-state index in [1.807, 2.05) is 48.5 Å². The standard InChI is InChI=1S/C20H18N3O5P/c1-12(25)17(28-29(26)27)10-23(11-24)20-14-7-3-5-9-16(14)21-18-13-6-2-4-8-15(13)22-19(18)20/h2-9,11-12,17,25H,10H2,1H3,(H-,21,22,26,27)/p+1. The first-order chi connectivity index (χ1) is 14.0. The van der Waals surface area contributed by atoms with Gasteiger partial charge in [-0.05, 0) is 19.1 Å². The van der Waals surface area contributed by atoms with Crippen LogP contribution in [0.4, 0.5) is 5.69 Å². The first kappa shape index (κ1) is 19.4. The van der Waals surface area contributed by atoms with E-state index in [-0.39, 0.29) is 6.54 Å². The van der Waals surface area contributed by atoms with Crippen molar-refractivity contribution in [2.75, 3.05) is 11.4 Å². The van der Waals surface area contributed by atoms with Crippen LogP contribution in [-0.2, 0) is 13.9 Å². The zero-order valence-electron chi connectivity index (χ0n) is 15.5. The molecule has 0 aliphatic heterocycles. The van der Waals surface area contributed by atoms with Gasteiger partial charge in [0.2, 0.25) is 6.41 Å². The summed E-state index contributed by atoms with van der Waals surface area (Å²) in [7, 11) is -2.94. The van der Waals surface area contributed by atoms with Crippen molar-refractivity contribution in [1.29, 1.82) is 0 Å². The van der Waals surface area contributed by atoms with E-state index >= 15 is 0 Å². The number of hydrogen-bond donors (Lipinski definition) is 3. The van der Waals surface area contributed by atoms with Gasteiger partial charge in [-0.3, -0.25) is 4.79 Å². The van der Waals surface area contributed by atoms with Gasteiger partial charge in [0.1, 0.15) is 0 Å². The van der Waals surface area contributed by atoms with Crippen molar-refractivity contribution < 1.29 is 23.9 Å². The lowest BCUT2D eigenvalue weighted by Gasteiger charge is -2.24. The number of aromatic nitrogens is 2. The normalized spacial score (nSPS) is 14.2. The van der Waals surface area contributed by atoms with Crippen molar-refractivity contribution in [3.8, 4) is 0 Å². The molecule has 4 rings (SSSR count). The maximum Gasteiger partial charge on any atom is 0.695 e. The quantitative estimate of drug-likeness (QED) is 0.317. The first-order valence-corrected chi connectivity index (χ1v) is 10.1. The van der Waals surface area contributed by atoms with Crippen molar-refractivity contribution in [2.24, 2.45) is 0 Å². The summed E-state index contributed by atoms with van der Waals surface area (Å²) in [4.78, 5) is 30.7. The van der Waals surface area contributed by atoms with E-state index in [9.17, 15) is 14.5 Å². The second-order valence-electron chi connectivity index (χ2n) is 6.75. The number of anilines is 1. The van der Waals surface area contributed by atoms with Crippen molar-refractivity contribution in [3.05, 3.63) is 48.5 Å². The maximum atomic E-state index is 12.1. The predicted octanol–water partition coefficient (Wildman–Crippen LogP) is 3.25. The Bertz CT molecular complexity index is 1220. The van der Waals surface area contributed by atoms with Crippen molar-refractivity contribution >= 4 is 53.2 Å². The number of aromatic amines is 1. The lowest BCUT2D eigenvalue weighted by molar-refractivity contribution is -0.107. The fourth-order valence-electron chi connectivity index (χ4n) is 3.51. The predicted molar refractivity (Wildman–Crippen MR) is 111 cm³/mol. The molecule has 3 N–H and O–H groups in total. The summed E-state index contributed by atoms with van der Waals surface area (Å²) >= 11 is 0. The molecule has 2 heterocycles. The van der Waals surface area contributed by atoms with Crippen LogP contribution in [-0.4, -0.2) is 45.1 Å². The zero-order chi connectivity index (χ0) is 20.5. The Morgan fingerprint density at radius 3 is 2.59 bits per heavy atom. The van der Waals surface area contributed by atoms with Gasteiger partial charge in [-0.15, -0.1) is 9.42 Å². The van der Waals surface area contributed by atoms with Crippen LogP contribution in [0.3, 0.4) is 0 Å². The van der Waals surface area contributed by atoms with Gasteiger partial charge in [0.25, 0.3) is 0 Å². The molecule has 0 saturated heterocycles. The van der Waals surface area contributed by atoms with E-state index in [2.05, 4.69) is 4.98 Å². The number of fused-ring (bicyclic) bond motifs is 4. The highest BCUT2D eigenvalue weighted by Crippen LogP contribution is 2.37. The number of benzene rings is 2. The highest BCUT2D eigenvalue weighted by Gasteiger charge is 2.31. The number of para-hydroxylation sites is 2. The van der Waals surface area contributed by atoms with Gasteiger partial charge in [0.05, 0.1) is 34.9 Å². The molecule has 0 aliphatic carbocycles. The molecule has 2 aromatic carbocycles. The van der Waals surface area contributed by atoms with Gasteiger partial charge in [0.15, 0.2) is 6.10 Å². The topological polar surface area (TPSA) is 116 Å². The molecule has 4 aromatic rings. The Kier molecular flexibility index (Phi) is 5.25. The third-order valence-corrected chi connectivity index (χ3v) is 5.31. The largest absolute Gasteiger partial charge is 0.695 e. The molecular formula is C20H19N3O5P+. The number of hydrogen-bond acceptors (Lipinski definition) is 5. The summed E-state index contributed by atoms with van der Waals surface area (Å²) in [6.45, 7) is 1.33. The number of nitrogens with zero attached hydrogens (tertiary/aromatic N) is 2. The van der Waals surface area contributed by atoms with Gasteiger partial charge in [-0.1, -0.05) is 36.4 Å². The second kappa shape index (κ2) is 7.85. The summed E-state index contributed by atoms with van der Waals surface area (Å²) in [5.74, 6) is 0. The minimum absolute atomic E-state index is 0.110.